The molecule has 1 amide bonds. The van der Waals surface area contributed by atoms with Crippen molar-refractivity contribution in [1.82, 2.24) is 15.3 Å². The zero-order valence-corrected chi connectivity index (χ0v) is 19.8. The topological polar surface area (TPSA) is 74.8 Å². The van der Waals surface area contributed by atoms with Crippen LogP contribution in [0.3, 0.4) is 0 Å². The molecule has 158 valence electrons. The molecule has 5 nitrogen and oxygen atoms in total. The second kappa shape index (κ2) is 7.12. The van der Waals surface area contributed by atoms with Crippen LogP contribution >= 0.6 is 23.1 Å². The Kier molecular flexibility index (Phi) is 5.13. The van der Waals surface area contributed by atoms with E-state index in [4.69, 9.17) is 0 Å². The van der Waals surface area contributed by atoms with Gasteiger partial charge in [-0.25, -0.2) is 4.98 Å². The van der Waals surface area contributed by atoms with Crippen molar-refractivity contribution in [1.29, 1.82) is 0 Å². The number of H-pyrrole nitrogens is 1. The summed E-state index contributed by atoms with van der Waals surface area (Å²) in [6.07, 6.45) is 3.57. The molecular weight excluding hydrogens is 402 g/mol. The number of carbonyl (C=O) groups excluding carboxylic acids is 1. The molecule has 2 bridgehead atoms. The molecule has 4 unspecified atom stereocenters. The van der Waals surface area contributed by atoms with Gasteiger partial charge in [-0.2, -0.15) is 0 Å². The highest BCUT2D eigenvalue weighted by molar-refractivity contribution is 7.99. The van der Waals surface area contributed by atoms with E-state index in [1.807, 2.05) is 20.8 Å². The molecule has 2 aromatic rings. The van der Waals surface area contributed by atoms with Gasteiger partial charge in [-0.3, -0.25) is 9.59 Å². The maximum absolute atomic E-state index is 12.9. The number of hydrogen-bond donors (Lipinski definition) is 2. The van der Waals surface area contributed by atoms with Gasteiger partial charge < -0.3 is 10.3 Å². The van der Waals surface area contributed by atoms with E-state index in [9.17, 15) is 9.59 Å². The maximum Gasteiger partial charge on any atom is 0.259 e. The van der Waals surface area contributed by atoms with Gasteiger partial charge in [-0.15, -0.1) is 23.1 Å². The van der Waals surface area contributed by atoms with Crippen molar-refractivity contribution in [3.8, 4) is 0 Å². The summed E-state index contributed by atoms with van der Waals surface area (Å²) in [7, 11) is 0. The van der Waals surface area contributed by atoms with Crippen LogP contribution < -0.4 is 10.9 Å². The van der Waals surface area contributed by atoms with E-state index in [2.05, 4.69) is 36.1 Å². The van der Waals surface area contributed by atoms with Crippen LogP contribution in [-0.4, -0.2) is 27.2 Å². The van der Waals surface area contributed by atoms with Gasteiger partial charge in [0, 0.05) is 10.9 Å². The zero-order valence-electron chi connectivity index (χ0n) is 18.1. The van der Waals surface area contributed by atoms with Crippen molar-refractivity contribution < 1.29 is 4.79 Å². The molecule has 2 fully saturated rings. The Labute approximate surface area is 180 Å². The lowest BCUT2D eigenvalue weighted by Gasteiger charge is -2.39. The number of aromatic amines is 1. The average Bonchev–Trinajstić information content (AvgIpc) is 3.13. The molecule has 0 radical (unpaired) electrons. The molecule has 2 aromatic heterocycles. The Bertz CT molecular complexity index is 1020. The summed E-state index contributed by atoms with van der Waals surface area (Å²) < 4.78 is 0. The summed E-state index contributed by atoms with van der Waals surface area (Å²) in [6, 6.07) is 0.262. The fraction of sp³-hybridized carbons (Fsp3) is 0.682. The number of nitrogens with zero attached hydrogens (tertiary/aromatic N) is 1. The van der Waals surface area contributed by atoms with E-state index in [0.717, 1.165) is 21.7 Å². The molecule has 7 heteroatoms. The molecule has 4 atom stereocenters. The smallest absolute Gasteiger partial charge is 0.259 e. The highest BCUT2D eigenvalue weighted by Gasteiger charge is 2.61. The molecule has 2 aliphatic carbocycles. The number of hydrogen-bond acceptors (Lipinski definition) is 5. The van der Waals surface area contributed by atoms with E-state index >= 15 is 0 Å². The van der Waals surface area contributed by atoms with Crippen molar-refractivity contribution in [3.05, 3.63) is 26.6 Å². The predicted octanol–water partition coefficient (Wildman–Crippen LogP) is 4.55. The van der Waals surface area contributed by atoms with Gasteiger partial charge in [-0.1, -0.05) is 20.8 Å². The molecule has 0 saturated heterocycles. The lowest BCUT2D eigenvalue weighted by molar-refractivity contribution is -0.122. The molecule has 2 N–H and O–H groups in total. The molecule has 0 spiro atoms. The number of amides is 1. The summed E-state index contributed by atoms with van der Waals surface area (Å²) in [5.41, 5.74) is 1.40. The fourth-order valence-electron chi connectivity index (χ4n) is 5.36. The van der Waals surface area contributed by atoms with Crippen LogP contribution in [-0.2, 0) is 10.5 Å². The van der Waals surface area contributed by atoms with Crippen molar-refractivity contribution in [2.45, 2.75) is 77.8 Å². The second-order valence-electron chi connectivity index (χ2n) is 9.60. The van der Waals surface area contributed by atoms with Crippen LogP contribution in [0.2, 0.25) is 0 Å². The third kappa shape index (κ3) is 3.25. The van der Waals surface area contributed by atoms with Gasteiger partial charge >= 0.3 is 0 Å². The minimum Gasteiger partial charge on any atom is -0.352 e. The highest BCUT2D eigenvalue weighted by Crippen LogP contribution is 2.65. The monoisotopic (exact) mass is 433 g/mol. The average molecular weight is 434 g/mol. The minimum atomic E-state index is -0.186. The Balaban J connectivity index is 1.40. The lowest BCUT2D eigenvalue weighted by atomic mass is 9.69. The fourth-order valence-corrected chi connectivity index (χ4v) is 7.17. The van der Waals surface area contributed by atoms with Crippen LogP contribution in [0.5, 0.6) is 0 Å². The molecule has 0 aliphatic heterocycles. The van der Waals surface area contributed by atoms with E-state index < -0.39 is 0 Å². The van der Waals surface area contributed by atoms with Crippen molar-refractivity contribution in [3.63, 3.8) is 0 Å². The number of aromatic nitrogens is 2. The Morgan fingerprint density at radius 3 is 2.72 bits per heavy atom. The van der Waals surface area contributed by atoms with Crippen LogP contribution in [0.15, 0.2) is 4.79 Å². The first-order valence-corrected chi connectivity index (χ1v) is 12.3. The van der Waals surface area contributed by atoms with Gasteiger partial charge in [-0.05, 0) is 62.3 Å². The van der Waals surface area contributed by atoms with Crippen molar-refractivity contribution in [2.75, 3.05) is 0 Å². The summed E-state index contributed by atoms with van der Waals surface area (Å²) in [4.78, 5) is 34.7. The van der Waals surface area contributed by atoms with Gasteiger partial charge in [0.1, 0.15) is 10.7 Å². The lowest BCUT2D eigenvalue weighted by Crippen LogP contribution is -2.48. The largest absolute Gasteiger partial charge is 0.352 e. The quantitative estimate of drug-likeness (QED) is 0.725. The zero-order chi connectivity index (χ0) is 21.1. The molecule has 2 saturated carbocycles. The number of carbonyl (C=O) groups is 1. The van der Waals surface area contributed by atoms with E-state index in [1.165, 1.54) is 24.6 Å². The Morgan fingerprint density at radius 1 is 1.38 bits per heavy atom. The summed E-state index contributed by atoms with van der Waals surface area (Å²) in [5.74, 6) is 1.96. The van der Waals surface area contributed by atoms with E-state index in [1.54, 1.807) is 11.3 Å². The van der Waals surface area contributed by atoms with Gasteiger partial charge in [0.05, 0.1) is 16.4 Å². The minimum absolute atomic E-state index is 0.0818. The van der Waals surface area contributed by atoms with Gasteiger partial charge in [0.2, 0.25) is 5.91 Å². The Morgan fingerprint density at radius 2 is 2.10 bits per heavy atom. The Hall–Kier alpha value is -1.34. The normalized spacial score (nSPS) is 28.8. The maximum atomic E-state index is 12.9. The third-order valence-electron chi connectivity index (χ3n) is 8.04. The van der Waals surface area contributed by atoms with Crippen LogP contribution in [0, 0.1) is 30.6 Å². The summed E-state index contributed by atoms with van der Waals surface area (Å²) in [5, 5.41) is 3.85. The number of thioether (sulfide) groups is 1. The number of aryl methyl sites for hydroxylation is 2. The van der Waals surface area contributed by atoms with E-state index in [0.29, 0.717) is 22.9 Å². The molecular formula is C22H31N3O2S2. The number of nitrogens with one attached hydrogen (secondary N) is 2. The molecule has 0 aromatic carbocycles. The SMILES string of the molecule is Cc1sc2nc(CSC(C)C(=O)NC3CC4CCC3(C)C4(C)C)[nH]c(=O)c2c1C. The standard InChI is InChI=1S/C22H31N3O2S2/c1-11-12(2)29-20-17(11)19(27)24-16(25-20)10-28-13(3)18(26)23-15-9-14-7-8-22(15,6)21(14,4)5/h13-15H,7-10H2,1-6H3,(H,23,26)(H,24,25,27). The first-order chi connectivity index (χ1) is 13.5. The molecule has 2 aliphatic rings. The molecule has 2 heterocycles. The predicted molar refractivity (Wildman–Crippen MR) is 122 cm³/mol. The highest BCUT2D eigenvalue weighted by atomic mass is 32.2. The van der Waals surface area contributed by atoms with Crippen molar-refractivity contribution >= 4 is 39.2 Å². The van der Waals surface area contributed by atoms with Gasteiger partial charge in [0.25, 0.3) is 5.56 Å². The summed E-state index contributed by atoms with van der Waals surface area (Å²) >= 11 is 3.08. The molecule has 29 heavy (non-hydrogen) atoms. The summed E-state index contributed by atoms with van der Waals surface area (Å²) in [6.45, 7) is 13.0. The third-order valence-corrected chi connectivity index (χ3v) is 10.3. The number of rotatable bonds is 5. The second-order valence-corrected chi connectivity index (χ2v) is 12.1. The van der Waals surface area contributed by atoms with Gasteiger partial charge in [0.15, 0.2) is 0 Å². The van der Waals surface area contributed by atoms with E-state index in [-0.39, 0.29) is 33.6 Å². The van der Waals surface area contributed by atoms with Crippen molar-refractivity contribution in [2.24, 2.45) is 16.7 Å². The van der Waals surface area contributed by atoms with Crippen LogP contribution in [0.4, 0.5) is 0 Å². The first kappa shape index (κ1) is 20.9. The number of fused-ring (bicyclic) bond motifs is 3. The first-order valence-electron chi connectivity index (χ1n) is 10.5. The van der Waals surface area contributed by atoms with Crippen LogP contribution in [0.1, 0.15) is 63.2 Å². The van der Waals surface area contributed by atoms with Crippen LogP contribution in [0.25, 0.3) is 10.2 Å². The molecule has 4 rings (SSSR count). The number of thiophene rings is 1.